The van der Waals surface area contributed by atoms with E-state index >= 15 is 4.39 Å². The molecule has 0 spiro atoms. The highest BCUT2D eigenvalue weighted by molar-refractivity contribution is 6.07. The number of aliphatic hydroxyl groups excluding tert-OH is 1. The molecule has 0 aliphatic carbocycles. The second-order valence-electron chi connectivity index (χ2n) is 9.88. The highest BCUT2D eigenvalue weighted by atomic mass is 19.4. The molecule has 0 amide bonds. The summed E-state index contributed by atoms with van der Waals surface area (Å²) in [6, 6.07) is 7.94. The maximum atomic E-state index is 15.2. The van der Waals surface area contributed by atoms with Crippen LogP contribution in [0, 0.1) is 11.2 Å². The number of alkyl halides is 3. The molecule has 0 radical (unpaired) electrons. The van der Waals surface area contributed by atoms with Crippen LogP contribution in [0.15, 0.2) is 42.6 Å². The Balaban J connectivity index is 1.49. The molecule has 5 rings (SSSR count). The van der Waals surface area contributed by atoms with Crippen LogP contribution in [0.1, 0.15) is 42.7 Å². The van der Waals surface area contributed by atoms with Crippen molar-refractivity contribution in [2.24, 2.45) is 12.5 Å². The number of fused-ring (bicyclic) bond motifs is 3. The lowest BCUT2D eigenvalue weighted by molar-refractivity contribution is -0.137. The number of hydrogen-bond donors (Lipinski definition) is 2. The van der Waals surface area contributed by atoms with Crippen molar-refractivity contribution in [2.45, 2.75) is 32.2 Å². The molecule has 0 bridgehead atoms. The molecule has 35 heavy (non-hydrogen) atoms. The predicted octanol–water partition coefficient (Wildman–Crippen LogP) is 4.98. The minimum Gasteiger partial charge on any atom is -0.383 e. The second-order valence-corrected chi connectivity index (χ2v) is 9.88. The van der Waals surface area contributed by atoms with Crippen molar-refractivity contribution in [3.05, 3.63) is 65.1 Å². The van der Waals surface area contributed by atoms with Gasteiger partial charge in [-0.2, -0.15) is 18.3 Å². The summed E-state index contributed by atoms with van der Waals surface area (Å²) in [7, 11) is 1.75. The van der Waals surface area contributed by atoms with Crippen LogP contribution >= 0.6 is 0 Å². The molecule has 3 heterocycles. The maximum Gasteiger partial charge on any atom is 0.416 e. The van der Waals surface area contributed by atoms with Crippen LogP contribution in [0.2, 0.25) is 0 Å². The molecule has 2 atom stereocenters. The van der Waals surface area contributed by atoms with Crippen molar-refractivity contribution in [3.63, 3.8) is 0 Å². The Bertz CT molecular complexity index is 1430. The lowest BCUT2D eigenvalue weighted by Gasteiger charge is -2.27. The smallest absolute Gasteiger partial charge is 0.383 e. The molecule has 184 valence electrons. The van der Waals surface area contributed by atoms with Gasteiger partial charge in [-0.3, -0.25) is 9.58 Å². The van der Waals surface area contributed by atoms with E-state index < -0.39 is 23.8 Å². The molecule has 4 aromatic rings. The van der Waals surface area contributed by atoms with Gasteiger partial charge in [0.2, 0.25) is 0 Å². The van der Waals surface area contributed by atoms with Gasteiger partial charge in [0.05, 0.1) is 28.2 Å². The first-order valence-electron chi connectivity index (χ1n) is 11.2. The largest absolute Gasteiger partial charge is 0.416 e. The summed E-state index contributed by atoms with van der Waals surface area (Å²) in [6.45, 7) is 4.77. The van der Waals surface area contributed by atoms with E-state index in [0.717, 1.165) is 17.7 Å². The number of benzene rings is 2. The minimum atomic E-state index is -4.40. The van der Waals surface area contributed by atoms with Crippen molar-refractivity contribution in [1.82, 2.24) is 19.7 Å². The third-order valence-corrected chi connectivity index (χ3v) is 7.06. The van der Waals surface area contributed by atoms with E-state index in [9.17, 15) is 18.3 Å². The number of pyridine rings is 1. The Morgan fingerprint density at radius 2 is 1.83 bits per heavy atom. The Kier molecular flexibility index (Phi) is 5.30. The molecule has 10 heteroatoms. The van der Waals surface area contributed by atoms with E-state index in [1.54, 1.807) is 28.9 Å². The fraction of sp³-hybridized carbons (Fsp3) is 0.360. The average molecular weight is 488 g/mol. The SMILES string of the molecule is Cn1ncc2c(N)nc3cc(F)c(C(O)N4CC(c5ccc(C(F)(F)F)cc5)C(C)(C)C4)cc3c21. The van der Waals surface area contributed by atoms with Gasteiger partial charge in [0, 0.05) is 43.1 Å². The molecule has 3 N–H and O–H groups in total. The van der Waals surface area contributed by atoms with Crippen molar-refractivity contribution in [2.75, 3.05) is 18.8 Å². The number of aliphatic hydroxyl groups is 1. The number of aromatic nitrogens is 3. The van der Waals surface area contributed by atoms with Crippen molar-refractivity contribution < 1.29 is 22.7 Å². The predicted molar refractivity (Wildman–Crippen MR) is 125 cm³/mol. The zero-order chi connectivity index (χ0) is 25.3. The van der Waals surface area contributed by atoms with Crippen molar-refractivity contribution >= 4 is 27.6 Å². The summed E-state index contributed by atoms with van der Waals surface area (Å²) in [5, 5.41) is 16.7. The van der Waals surface area contributed by atoms with E-state index in [-0.39, 0.29) is 22.7 Å². The first-order chi connectivity index (χ1) is 16.4. The number of rotatable bonds is 3. The number of anilines is 1. The lowest BCUT2D eigenvalue weighted by atomic mass is 9.78. The number of nitrogen functional groups attached to an aromatic ring is 1. The highest BCUT2D eigenvalue weighted by Crippen LogP contribution is 2.45. The molecule has 0 saturated carbocycles. The summed E-state index contributed by atoms with van der Waals surface area (Å²) < 4.78 is 55.7. The van der Waals surface area contributed by atoms with Crippen LogP contribution < -0.4 is 5.73 Å². The summed E-state index contributed by atoms with van der Waals surface area (Å²) in [5.41, 5.74) is 6.82. The lowest BCUT2D eigenvalue weighted by Crippen LogP contribution is -2.28. The normalized spacial score (nSPS) is 19.6. The topological polar surface area (TPSA) is 80.2 Å². The monoisotopic (exact) mass is 487 g/mol. The number of nitrogens with zero attached hydrogens (tertiary/aromatic N) is 4. The standard InChI is InChI=1S/C25H25F4N5O/c1-24(2)12-34(11-18(24)13-4-6-14(7-5-13)25(27,28)29)23(35)15-8-16-20(9-19(15)26)32-22(30)17-10-31-33(3)21(16)17/h4-10,18,23,35H,11-12H2,1-3H3,(H2,30,32). The fourth-order valence-electron chi connectivity index (χ4n) is 5.22. The minimum absolute atomic E-state index is 0.0930. The van der Waals surface area contributed by atoms with Crippen molar-refractivity contribution in [1.29, 1.82) is 0 Å². The Hall–Kier alpha value is -3.24. The van der Waals surface area contributed by atoms with E-state index in [1.807, 2.05) is 13.8 Å². The molecule has 1 aliphatic heterocycles. The first-order valence-corrected chi connectivity index (χ1v) is 11.2. The van der Waals surface area contributed by atoms with Crippen LogP contribution in [-0.4, -0.2) is 37.9 Å². The summed E-state index contributed by atoms with van der Waals surface area (Å²) in [4.78, 5) is 6.03. The van der Waals surface area contributed by atoms with Crippen molar-refractivity contribution in [3.8, 4) is 0 Å². The van der Waals surface area contributed by atoms with Gasteiger partial charge in [0.25, 0.3) is 0 Å². The van der Waals surface area contributed by atoms with E-state index in [1.165, 1.54) is 18.2 Å². The Labute approximate surface area is 199 Å². The molecule has 6 nitrogen and oxygen atoms in total. The number of hydrogen-bond acceptors (Lipinski definition) is 5. The molecule has 1 saturated heterocycles. The van der Waals surface area contributed by atoms with E-state index in [0.29, 0.717) is 34.9 Å². The van der Waals surface area contributed by atoms with E-state index in [2.05, 4.69) is 10.1 Å². The number of halogens is 4. The Morgan fingerprint density at radius 3 is 2.49 bits per heavy atom. The van der Waals surface area contributed by atoms with Gasteiger partial charge in [0.1, 0.15) is 17.9 Å². The summed E-state index contributed by atoms with van der Waals surface area (Å²) in [5.74, 6) is -0.517. The van der Waals surface area contributed by atoms with Gasteiger partial charge in [-0.1, -0.05) is 26.0 Å². The average Bonchev–Trinajstić information content (AvgIpc) is 3.32. The van der Waals surface area contributed by atoms with Gasteiger partial charge in [-0.05, 0) is 29.2 Å². The van der Waals surface area contributed by atoms with Crippen LogP contribution in [0.3, 0.4) is 0 Å². The van der Waals surface area contributed by atoms with Crippen LogP contribution in [0.25, 0.3) is 21.8 Å². The molecule has 2 aromatic heterocycles. The Morgan fingerprint density at radius 1 is 1.14 bits per heavy atom. The molecule has 2 unspecified atom stereocenters. The van der Waals surface area contributed by atoms with Gasteiger partial charge in [-0.25, -0.2) is 9.37 Å². The summed E-state index contributed by atoms with van der Waals surface area (Å²) in [6.07, 6.45) is -4.06. The highest BCUT2D eigenvalue weighted by Gasteiger charge is 2.43. The van der Waals surface area contributed by atoms with Crippen LogP contribution in [-0.2, 0) is 13.2 Å². The van der Waals surface area contributed by atoms with E-state index in [4.69, 9.17) is 5.73 Å². The third kappa shape index (κ3) is 3.90. The zero-order valence-corrected chi connectivity index (χ0v) is 19.4. The zero-order valence-electron chi connectivity index (χ0n) is 19.4. The molecule has 1 fully saturated rings. The third-order valence-electron chi connectivity index (χ3n) is 7.06. The molecular weight excluding hydrogens is 462 g/mol. The van der Waals surface area contributed by atoms with Crippen LogP contribution in [0.4, 0.5) is 23.4 Å². The summed E-state index contributed by atoms with van der Waals surface area (Å²) >= 11 is 0. The number of likely N-dealkylation sites (tertiary alicyclic amines) is 1. The number of nitrogens with two attached hydrogens (primary N) is 1. The molecular formula is C25H25F4N5O. The van der Waals surface area contributed by atoms with Gasteiger partial charge >= 0.3 is 6.18 Å². The molecule has 2 aromatic carbocycles. The van der Waals surface area contributed by atoms with Crippen LogP contribution in [0.5, 0.6) is 0 Å². The van der Waals surface area contributed by atoms with Gasteiger partial charge in [-0.15, -0.1) is 0 Å². The second kappa shape index (κ2) is 7.89. The maximum absolute atomic E-state index is 15.2. The van der Waals surface area contributed by atoms with Gasteiger partial charge in [0.15, 0.2) is 0 Å². The van der Waals surface area contributed by atoms with Gasteiger partial charge < -0.3 is 10.8 Å². The fourth-order valence-corrected chi connectivity index (χ4v) is 5.22. The number of aryl methyl sites for hydroxylation is 1. The molecule has 1 aliphatic rings. The quantitative estimate of drug-likeness (QED) is 0.399. The first kappa shape index (κ1) is 23.5.